The smallest absolute Gasteiger partial charge is 0.256 e. The van der Waals surface area contributed by atoms with Crippen LogP contribution in [0.3, 0.4) is 0 Å². The lowest BCUT2D eigenvalue weighted by molar-refractivity contribution is 0.102. The van der Waals surface area contributed by atoms with E-state index in [9.17, 15) is 4.79 Å². The molecule has 0 saturated heterocycles. The number of carbonyl (C=O) groups excluding carboxylic acids is 1. The summed E-state index contributed by atoms with van der Waals surface area (Å²) in [7, 11) is 1.62. The van der Waals surface area contributed by atoms with E-state index in [0.29, 0.717) is 16.8 Å². The molecule has 2 heterocycles. The van der Waals surface area contributed by atoms with Crippen molar-refractivity contribution in [3.63, 3.8) is 0 Å². The maximum atomic E-state index is 13.5. The van der Waals surface area contributed by atoms with E-state index in [1.807, 2.05) is 97.2 Å². The number of nitrogens with zero attached hydrogens (tertiary/aromatic N) is 1. The molecule has 5 nitrogen and oxygen atoms in total. The Labute approximate surface area is 208 Å². The Morgan fingerprint density at radius 3 is 2.39 bits per heavy atom. The van der Waals surface area contributed by atoms with Crippen LogP contribution in [-0.2, 0) is 0 Å². The maximum Gasteiger partial charge on any atom is 0.256 e. The third-order valence-corrected chi connectivity index (χ3v) is 6.37. The second kappa shape index (κ2) is 9.04. The van der Waals surface area contributed by atoms with Crippen molar-refractivity contribution in [2.45, 2.75) is 0 Å². The zero-order valence-electron chi connectivity index (χ0n) is 19.7. The zero-order valence-corrected chi connectivity index (χ0v) is 19.7. The van der Waals surface area contributed by atoms with Gasteiger partial charge in [-0.3, -0.25) is 4.79 Å². The van der Waals surface area contributed by atoms with Gasteiger partial charge in [0.25, 0.3) is 5.91 Å². The highest BCUT2D eigenvalue weighted by atomic mass is 16.5. The van der Waals surface area contributed by atoms with Gasteiger partial charge in [0.15, 0.2) is 0 Å². The Morgan fingerprint density at radius 2 is 1.58 bits per heavy atom. The summed E-state index contributed by atoms with van der Waals surface area (Å²) < 4.78 is 5.39. The summed E-state index contributed by atoms with van der Waals surface area (Å²) in [6.45, 7) is 0. The standard InChI is InChI=1S/C31H23N3O2/c1-36-23-15-16-25-26(18-29(34-30(25)17-23)21-7-3-2-4-8-21)31(35)33-22-13-11-20(12-14-22)27-19-32-28-10-6-5-9-24(27)28/h2-19,32H,1H3,(H,33,35). The molecule has 0 aliphatic heterocycles. The number of para-hydroxylation sites is 1. The predicted octanol–water partition coefficient (Wildman–Crippen LogP) is 7.31. The second-order valence-corrected chi connectivity index (χ2v) is 8.58. The van der Waals surface area contributed by atoms with Gasteiger partial charge in [-0.15, -0.1) is 0 Å². The number of rotatable bonds is 5. The Morgan fingerprint density at radius 1 is 0.806 bits per heavy atom. The number of fused-ring (bicyclic) bond motifs is 2. The monoisotopic (exact) mass is 469 g/mol. The number of ether oxygens (including phenoxy) is 1. The number of anilines is 1. The first-order chi connectivity index (χ1) is 17.7. The number of aromatic amines is 1. The van der Waals surface area contributed by atoms with Crippen molar-refractivity contribution < 1.29 is 9.53 Å². The van der Waals surface area contributed by atoms with Crippen LogP contribution in [0, 0.1) is 0 Å². The number of amides is 1. The van der Waals surface area contributed by atoms with E-state index in [-0.39, 0.29) is 5.91 Å². The summed E-state index contributed by atoms with van der Waals surface area (Å²) in [6.07, 6.45) is 2.01. The molecule has 0 unspecified atom stereocenters. The van der Waals surface area contributed by atoms with Crippen LogP contribution in [0.1, 0.15) is 10.4 Å². The van der Waals surface area contributed by atoms with Gasteiger partial charge in [-0.2, -0.15) is 0 Å². The minimum absolute atomic E-state index is 0.190. The van der Waals surface area contributed by atoms with Crippen molar-refractivity contribution in [1.29, 1.82) is 0 Å². The van der Waals surface area contributed by atoms with Crippen LogP contribution < -0.4 is 10.1 Å². The molecule has 36 heavy (non-hydrogen) atoms. The lowest BCUT2D eigenvalue weighted by Crippen LogP contribution is -2.13. The molecule has 0 radical (unpaired) electrons. The quantitative estimate of drug-likeness (QED) is 0.278. The van der Waals surface area contributed by atoms with Crippen molar-refractivity contribution in [3.8, 4) is 28.1 Å². The molecule has 0 fully saturated rings. The molecule has 0 aliphatic carbocycles. The van der Waals surface area contributed by atoms with Crippen LogP contribution in [0.25, 0.3) is 44.2 Å². The largest absolute Gasteiger partial charge is 0.497 e. The fourth-order valence-electron chi connectivity index (χ4n) is 4.52. The van der Waals surface area contributed by atoms with E-state index in [1.54, 1.807) is 7.11 Å². The molecule has 1 amide bonds. The summed E-state index contributed by atoms with van der Waals surface area (Å²) in [6, 6.07) is 33.4. The lowest BCUT2D eigenvalue weighted by atomic mass is 10.0. The minimum Gasteiger partial charge on any atom is -0.497 e. The van der Waals surface area contributed by atoms with Gasteiger partial charge < -0.3 is 15.0 Å². The molecule has 0 atom stereocenters. The van der Waals surface area contributed by atoms with Crippen LogP contribution in [-0.4, -0.2) is 23.0 Å². The van der Waals surface area contributed by atoms with Crippen LogP contribution in [0.15, 0.2) is 109 Å². The first kappa shape index (κ1) is 21.6. The summed E-state index contributed by atoms with van der Waals surface area (Å²) in [5.41, 5.74) is 6.97. The Bertz CT molecular complexity index is 1700. The molecule has 6 aromatic rings. The van der Waals surface area contributed by atoms with Crippen LogP contribution in [0.2, 0.25) is 0 Å². The third kappa shape index (κ3) is 3.97. The van der Waals surface area contributed by atoms with E-state index in [1.165, 1.54) is 5.39 Å². The Kier molecular flexibility index (Phi) is 5.43. The molecule has 0 aliphatic rings. The first-order valence-electron chi connectivity index (χ1n) is 11.7. The van der Waals surface area contributed by atoms with Gasteiger partial charge in [0.05, 0.1) is 23.9 Å². The SMILES string of the molecule is COc1ccc2c(C(=O)Nc3ccc(-c4c[nH]c5ccccc45)cc3)cc(-c3ccccc3)nc2c1. The molecule has 4 aromatic carbocycles. The second-order valence-electron chi connectivity index (χ2n) is 8.58. The summed E-state index contributed by atoms with van der Waals surface area (Å²) in [4.78, 5) is 21.6. The fraction of sp³-hybridized carbons (Fsp3) is 0.0323. The summed E-state index contributed by atoms with van der Waals surface area (Å²) >= 11 is 0. The molecule has 5 heteroatoms. The van der Waals surface area contributed by atoms with Crippen molar-refractivity contribution in [2.75, 3.05) is 12.4 Å². The number of H-pyrrole nitrogens is 1. The van der Waals surface area contributed by atoms with E-state index in [0.717, 1.165) is 39.0 Å². The van der Waals surface area contributed by atoms with Crippen molar-refractivity contribution in [1.82, 2.24) is 9.97 Å². The number of methoxy groups -OCH3 is 1. The van der Waals surface area contributed by atoms with Gasteiger partial charge in [-0.1, -0.05) is 60.7 Å². The Balaban J connectivity index is 1.34. The molecule has 2 aromatic heterocycles. The first-order valence-corrected chi connectivity index (χ1v) is 11.7. The number of benzene rings is 4. The van der Waals surface area contributed by atoms with Gasteiger partial charge in [-0.25, -0.2) is 4.98 Å². The van der Waals surface area contributed by atoms with Gasteiger partial charge in [0.2, 0.25) is 0 Å². The minimum atomic E-state index is -0.190. The average molecular weight is 470 g/mol. The van der Waals surface area contributed by atoms with Gasteiger partial charge in [0.1, 0.15) is 5.75 Å². The number of carbonyl (C=O) groups is 1. The third-order valence-electron chi connectivity index (χ3n) is 6.37. The number of aromatic nitrogens is 2. The van der Waals surface area contributed by atoms with Gasteiger partial charge in [0, 0.05) is 45.4 Å². The molecular weight excluding hydrogens is 446 g/mol. The molecule has 2 N–H and O–H groups in total. The van der Waals surface area contributed by atoms with E-state index in [2.05, 4.69) is 22.4 Å². The highest BCUT2D eigenvalue weighted by Gasteiger charge is 2.15. The molecule has 0 bridgehead atoms. The topological polar surface area (TPSA) is 67.0 Å². The molecule has 0 spiro atoms. The van der Waals surface area contributed by atoms with Crippen LogP contribution in [0.4, 0.5) is 5.69 Å². The number of hydrogen-bond donors (Lipinski definition) is 2. The molecule has 174 valence electrons. The maximum absolute atomic E-state index is 13.5. The van der Waals surface area contributed by atoms with Crippen LogP contribution in [0.5, 0.6) is 5.75 Å². The van der Waals surface area contributed by atoms with Crippen molar-refractivity contribution in [2.24, 2.45) is 0 Å². The van der Waals surface area contributed by atoms with Crippen LogP contribution >= 0.6 is 0 Å². The van der Waals surface area contributed by atoms with Gasteiger partial charge >= 0.3 is 0 Å². The van der Waals surface area contributed by atoms with Crippen molar-refractivity contribution >= 4 is 33.4 Å². The zero-order chi connectivity index (χ0) is 24.5. The molecular formula is C31H23N3O2. The summed E-state index contributed by atoms with van der Waals surface area (Å²) in [5, 5.41) is 5.00. The van der Waals surface area contributed by atoms with E-state index in [4.69, 9.17) is 9.72 Å². The highest BCUT2D eigenvalue weighted by Crippen LogP contribution is 2.31. The number of nitrogens with one attached hydrogen (secondary N) is 2. The number of hydrogen-bond acceptors (Lipinski definition) is 3. The number of pyridine rings is 1. The Hall–Kier alpha value is -4.90. The van der Waals surface area contributed by atoms with Gasteiger partial charge in [-0.05, 0) is 42.0 Å². The fourth-order valence-corrected chi connectivity index (χ4v) is 4.52. The van der Waals surface area contributed by atoms with E-state index < -0.39 is 0 Å². The van der Waals surface area contributed by atoms with E-state index >= 15 is 0 Å². The molecule has 0 saturated carbocycles. The normalized spacial score (nSPS) is 11.0. The summed E-state index contributed by atoms with van der Waals surface area (Å²) in [5.74, 6) is 0.504. The lowest BCUT2D eigenvalue weighted by Gasteiger charge is -2.12. The highest BCUT2D eigenvalue weighted by molar-refractivity contribution is 6.13. The van der Waals surface area contributed by atoms with Crippen molar-refractivity contribution in [3.05, 3.63) is 115 Å². The molecule has 6 rings (SSSR count). The predicted molar refractivity (Wildman–Crippen MR) is 145 cm³/mol. The average Bonchev–Trinajstić information content (AvgIpc) is 3.37.